The maximum Gasteiger partial charge on any atom is 0.0344 e. The molecule has 1 aromatic rings. The summed E-state index contributed by atoms with van der Waals surface area (Å²) in [6, 6.07) is 8.97. The van der Waals surface area contributed by atoms with E-state index in [1.807, 2.05) is 6.08 Å². The summed E-state index contributed by atoms with van der Waals surface area (Å²) in [6.07, 6.45) is 3.04. The average molecular weight is 203 g/mol. The number of hydrogen-bond donors (Lipinski definition) is 1. The summed E-state index contributed by atoms with van der Waals surface area (Å²) < 4.78 is 0. The van der Waals surface area contributed by atoms with Gasteiger partial charge in [0.05, 0.1) is 0 Å². The summed E-state index contributed by atoms with van der Waals surface area (Å²) in [5, 5.41) is 3.52. The van der Waals surface area contributed by atoms with Gasteiger partial charge in [-0.15, -0.1) is 6.58 Å². The molecule has 1 aromatic carbocycles. The second-order valence-corrected chi connectivity index (χ2v) is 4.30. The summed E-state index contributed by atoms with van der Waals surface area (Å²) in [5.41, 5.74) is 2.50. The molecule has 0 heterocycles. The molecule has 0 radical (unpaired) electrons. The minimum Gasteiger partial charge on any atom is -0.382 e. The van der Waals surface area contributed by atoms with Crippen molar-refractivity contribution < 1.29 is 0 Å². The van der Waals surface area contributed by atoms with Crippen LogP contribution in [-0.4, -0.2) is 6.04 Å². The normalized spacial score (nSPS) is 14.3. The van der Waals surface area contributed by atoms with Gasteiger partial charge < -0.3 is 5.32 Å². The fourth-order valence-electron chi connectivity index (χ4n) is 1.61. The second-order valence-electron chi connectivity index (χ2n) is 4.30. The zero-order chi connectivity index (χ0) is 11.3. The molecule has 1 rings (SSSR count). The Hall–Kier alpha value is -1.24. The van der Waals surface area contributed by atoms with Crippen LogP contribution < -0.4 is 5.32 Å². The van der Waals surface area contributed by atoms with Gasteiger partial charge in [0.2, 0.25) is 0 Å². The zero-order valence-corrected chi connectivity index (χ0v) is 9.96. The van der Waals surface area contributed by atoms with Crippen LogP contribution in [0.2, 0.25) is 0 Å². The first-order valence-corrected chi connectivity index (χ1v) is 5.57. The van der Waals surface area contributed by atoms with E-state index >= 15 is 0 Å². The third-order valence-corrected chi connectivity index (χ3v) is 2.80. The van der Waals surface area contributed by atoms with E-state index in [4.69, 9.17) is 0 Å². The first kappa shape index (κ1) is 11.8. The Kier molecular flexibility index (Phi) is 4.41. The van der Waals surface area contributed by atoms with Crippen LogP contribution in [0.15, 0.2) is 36.9 Å². The molecule has 0 aliphatic heterocycles. The maximum absolute atomic E-state index is 3.78. The Morgan fingerprint density at radius 1 is 1.40 bits per heavy atom. The first-order valence-electron chi connectivity index (χ1n) is 5.57. The van der Waals surface area contributed by atoms with Crippen LogP contribution in [0.25, 0.3) is 0 Å². The van der Waals surface area contributed by atoms with E-state index in [1.54, 1.807) is 0 Å². The van der Waals surface area contributed by atoms with Crippen LogP contribution in [0.5, 0.6) is 0 Å². The third kappa shape index (κ3) is 3.78. The van der Waals surface area contributed by atoms with Crippen molar-refractivity contribution in [1.82, 2.24) is 0 Å². The molecule has 0 aliphatic rings. The highest BCUT2D eigenvalue weighted by Gasteiger charge is 2.09. The highest BCUT2D eigenvalue weighted by atomic mass is 14.9. The SMILES string of the molecule is C=CCC(C)C(C)Nc1cccc(C)c1. The molecule has 2 atom stereocenters. The highest BCUT2D eigenvalue weighted by molar-refractivity contribution is 5.46. The molecule has 1 heteroatoms. The van der Waals surface area contributed by atoms with Crippen molar-refractivity contribution in [3.8, 4) is 0 Å². The van der Waals surface area contributed by atoms with Crippen LogP contribution >= 0.6 is 0 Å². The number of allylic oxidation sites excluding steroid dienone is 1. The van der Waals surface area contributed by atoms with E-state index in [-0.39, 0.29) is 0 Å². The summed E-state index contributed by atoms with van der Waals surface area (Å²) in [4.78, 5) is 0. The minimum atomic E-state index is 0.477. The molecule has 0 amide bonds. The van der Waals surface area contributed by atoms with Crippen molar-refractivity contribution in [2.24, 2.45) is 5.92 Å². The molecule has 0 spiro atoms. The van der Waals surface area contributed by atoms with Crippen molar-refractivity contribution in [2.75, 3.05) is 5.32 Å². The van der Waals surface area contributed by atoms with E-state index in [2.05, 4.69) is 56.9 Å². The van der Waals surface area contributed by atoms with Gasteiger partial charge >= 0.3 is 0 Å². The zero-order valence-electron chi connectivity index (χ0n) is 9.96. The van der Waals surface area contributed by atoms with E-state index in [9.17, 15) is 0 Å². The molecule has 0 saturated heterocycles. The average Bonchev–Trinajstić information content (AvgIpc) is 2.18. The van der Waals surface area contributed by atoms with Crippen molar-refractivity contribution >= 4 is 5.69 Å². The lowest BCUT2D eigenvalue weighted by Gasteiger charge is -2.21. The van der Waals surface area contributed by atoms with E-state index < -0.39 is 0 Å². The number of aryl methyl sites for hydroxylation is 1. The Morgan fingerprint density at radius 2 is 2.13 bits per heavy atom. The second kappa shape index (κ2) is 5.59. The van der Waals surface area contributed by atoms with Crippen LogP contribution in [-0.2, 0) is 0 Å². The topological polar surface area (TPSA) is 12.0 Å². The quantitative estimate of drug-likeness (QED) is 0.713. The van der Waals surface area contributed by atoms with Gasteiger partial charge in [0.1, 0.15) is 0 Å². The number of rotatable bonds is 5. The Balaban J connectivity index is 2.57. The van der Waals surface area contributed by atoms with Gasteiger partial charge in [-0.3, -0.25) is 0 Å². The van der Waals surface area contributed by atoms with Gasteiger partial charge in [-0.1, -0.05) is 25.1 Å². The molecule has 1 nitrogen and oxygen atoms in total. The largest absolute Gasteiger partial charge is 0.382 e. The summed E-state index contributed by atoms with van der Waals surface area (Å²) in [6.45, 7) is 10.4. The van der Waals surface area contributed by atoms with E-state index in [0.29, 0.717) is 12.0 Å². The molecule has 82 valence electrons. The molecule has 0 fully saturated rings. The van der Waals surface area contributed by atoms with Gasteiger partial charge in [-0.2, -0.15) is 0 Å². The fraction of sp³-hybridized carbons (Fsp3) is 0.429. The van der Waals surface area contributed by atoms with Gasteiger partial charge in [-0.05, 0) is 43.9 Å². The lowest BCUT2D eigenvalue weighted by atomic mass is 9.99. The molecular weight excluding hydrogens is 182 g/mol. The van der Waals surface area contributed by atoms with Crippen LogP contribution in [0.3, 0.4) is 0 Å². The summed E-state index contributed by atoms with van der Waals surface area (Å²) >= 11 is 0. The van der Waals surface area contributed by atoms with Gasteiger partial charge in [0.25, 0.3) is 0 Å². The number of hydrogen-bond acceptors (Lipinski definition) is 1. The summed E-state index contributed by atoms with van der Waals surface area (Å²) in [5.74, 6) is 0.614. The smallest absolute Gasteiger partial charge is 0.0344 e. The van der Waals surface area contributed by atoms with Gasteiger partial charge in [0, 0.05) is 11.7 Å². The lowest BCUT2D eigenvalue weighted by Crippen LogP contribution is -2.23. The molecule has 2 unspecified atom stereocenters. The Morgan fingerprint density at radius 3 is 2.73 bits per heavy atom. The molecule has 15 heavy (non-hydrogen) atoms. The Labute approximate surface area is 93.2 Å². The van der Waals surface area contributed by atoms with Crippen LogP contribution in [0.1, 0.15) is 25.8 Å². The number of benzene rings is 1. The van der Waals surface area contributed by atoms with Crippen LogP contribution in [0.4, 0.5) is 5.69 Å². The Bertz CT molecular complexity index is 317. The van der Waals surface area contributed by atoms with Gasteiger partial charge in [-0.25, -0.2) is 0 Å². The number of nitrogens with one attached hydrogen (secondary N) is 1. The van der Waals surface area contributed by atoms with E-state index in [1.165, 1.54) is 11.3 Å². The van der Waals surface area contributed by atoms with Crippen LogP contribution in [0, 0.1) is 12.8 Å². The third-order valence-electron chi connectivity index (χ3n) is 2.80. The predicted octanol–water partition coefficient (Wildman–Crippen LogP) is 4.01. The predicted molar refractivity (Wildman–Crippen MR) is 68.2 cm³/mol. The molecule has 0 saturated carbocycles. The molecule has 0 aromatic heterocycles. The van der Waals surface area contributed by atoms with Gasteiger partial charge in [0.15, 0.2) is 0 Å². The van der Waals surface area contributed by atoms with Crippen molar-refractivity contribution in [2.45, 2.75) is 33.2 Å². The standard InChI is InChI=1S/C14H21N/c1-5-7-12(3)13(4)15-14-9-6-8-11(2)10-14/h5-6,8-10,12-13,15H,1,7H2,2-4H3. The summed E-state index contributed by atoms with van der Waals surface area (Å²) in [7, 11) is 0. The molecule has 0 aliphatic carbocycles. The molecule has 1 N–H and O–H groups in total. The van der Waals surface area contributed by atoms with E-state index in [0.717, 1.165) is 6.42 Å². The van der Waals surface area contributed by atoms with Crippen molar-refractivity contribution in [1.29, 1.82) is 0 Å². The number of anilines is 1. The van der Waals surface area contributed by atoms with Crippen molar-refractivity contribution in [3.05, 3.63) is 42.5 Å². The molecular formula is C14H21N. The highest BCUT2D eigenvalue weighted by Crippen LogP contribution is 2.16. The fourth-order valence-corrected chi connectivity index (χ4v) is 1.61. The first-order chi connectivity index (χ1) is 7.13. The minimum absolute atomic E-state index is 0.477. The van der Waals surface area contributed by atoms with Crippen molar-refractivity contribution in [3.63, 3.8) is 0 Å². The monoisotopic (exact) mass is 203 g/mol. The lowest BCUT2D eigenvalue weighted by molar-refractivity contribution is 0.517. The molecule has 0 bridgehead atoms. The maximum atomic E-state index is 3.78.